The van der Waals surface area contributed by atoms with Gasteiger partial charge in [0.05, 0.1) is 33.0 Å². The van der Waals surface area contributed by atoms with Gasteiger partial charge in [-0.05, 0) is 12.0 Å². The van der Waals surface area contributed by atoms with Crippen LogP contribution in [0.3, 0.4) is 0 Å². The summed E-state index contributed by atoms with van der Waals surface area (Å²) in [5.41, 5.74) is 5.22. The van der Waals surface area contributed by atoms with Gasteiger partial charge in [-0.1, -0.05) is 0 Å². The molecule has 0 fully saturated rings. The lowest BCUT2D eigenvalue weighted by Crippen LogP contribution is -2.13. The monoisotopic (exact) mass is 195 g/mol. The highest BCUT2D eigenvalue weighted by molar-refractivity contribution is 7.93. The minimum atomic E-state index is 0.565. The fourth-order valence-electron chi connectivity index (χ4n) is 0.582. The van der Waals surface area contributed by atoms with Crippen molar-refractivity contribution in [3.63, 3.8) is 0 Å². The molecule has 74 valence electrons. The molecule has 0 aromatic carbocycles. The second-order valence-corrected chi connectivity index (χ2v) is 2.57. The summed E-state index contributed by atoms with van der Waals surface area (Å²) in [6.07, 6.45) is 1.88. The summed E-state index contributed by atoms with van der Waals surface area (Å²) in [6, 6.07) is 0. The number of hydrogen-bond acceptors (Lipinski definition) is 5. The van der Waals surface area contributed by atoms with Gasteiger partial charge in [0.2, 0.25) is 0 Å². The summed E-state index contributed by atoms with van der Waals surface area (Å²) >= 11 is 1.35. The Morgan fingerprint density at radius 2 is 1.58 bits per heavy atom. The number of rotatable bonds is 9. The van der Waals surface area contributed by atoms with Gasteiger partial charge in [-0.15, -0.1) is 0 Å². The third-order valence-electron chi connectivity index (χ3n) is 1.06. The highest BCUT2D eigenvalue weighted by atomic mass is 32.2. The predicted octanol–water partition coefficient (Wildman–Crippen LogP) is 0.273. The van der Waals surface area contributed by atoms with Crippen LogP contribution >= 0.6 is 12.0 Å². The van der Waals surface area contributed by atoms with Crippen LogP contribution in [0.1, 0.15) is 0 Å². The van der Waals surface area contributed by atoms with Gasteiger partial charge in [-0.3, -0.25) is 0 Å². The fraction of sp³-hybridized carbons (Fsp3) is 1.00. The van der Waals surface area contributed by atoms with E-state index in [9.17, 15) is 0 Å². The maximum atomic E-state index is 5.22. The summed E-state index contributed by atoms with van der Waals surface area (Å²) in [6.45, 7) is 3.62. The minimum Gasteiger partial charge on any atom is -0.378 e. The molecule has 0 aliphatic rings. The zero-order valence-electron chi connectivity index (χ0n) is 7.45. The molecule has 0 spiro atoms. The first kappa shape index (κ1) is 12.2. The van der Waals surface area contributed by atoms with Crippen molar-refractivity contribution in [3.8, 4) is 0 Å². The highest BCUT2D eigenvalue weighted by Gasteiger charge is 1.89. The Morgan fingerprint density at radius 3 is 2.17 bits per heavy atom. The topological polar surface area (TPSA) is 53.7 Å². The molecule has 4 nitrogen and oxygen atoms in total. The molecule has 0 saturated carbocycles. The fourth-order valence-corrected chi connectivity index (χ4v) is 0.816. The lowest BCUT2D eigenvalue weighted by Gasteiger charge is -2.03. The van der Waals surface area contributed by atoms with E-state index in [0.717, 1.165) is 0 Å². The van der Waals surface area contributed by atoms with Crippen LogP contribution < -0.4 is 5.73 Å². The van der Waals surface area contributed by atoms with Gasteiger partial charge in [0.1, 0.15) is 0 Å². The predicted molar refractivity (Wildman–Crippen MR) is 50.2 cm³/mol. The van der Waals surface area contributed by atoms with Crippen molar-refractivity contribution in [2.75, 3.05) is 45.8 Å². The molecule has 0 saturated heterocycles. The quantitative estimate of drug-likeness (QED) is 0.423. The molecule has 5 heteroatoms. The molecule has 0 unspecified atom stereocenters. The van der Waals surface area contributed by atoms with Crippen LogP contribution in [0.5, 0.6) is 0 Å². The SMILES string of the molecule is CSOCCOCCOCCN. The van der Waals surface area contributed by atoms with Crippen LogP contribution in [0.2, 0.25) is 0 Å². The zero-order chi connectivity index (χ0) is 9.07. The van der Waals surface area contributed by atoms with Crippen LogP contribution in [0, 0.1) is 0 Å². The van der Waals surface area contributed by atoms with Gasteiger partial charge in [-0.25, -0.2) is 0 Å². The first-order chi connectivity index (χ1) is 5.91. The van der Waals surface area contributed by atoms with Crippen LogP contribution in [0.25, 0.3) is 0 Å². The summed E-state index contributed by atoms with van der Waals surface area (Å²) < 4.78 is 15.3. The molecule has 0 atom stereocenters. The molecule has 0 aliphatic carbocycles. The van der Waals surface area contributed by atoms with E-state index in [1.54, 1.807) is 0 Å². The summed E-state index contributed by atoms with van der Waals surface area (Å²) in [5.74, 6) is 0. The molecule has 0 rings (SSSR count). The molecular formula is C7H17NO3S. The van der Waals surface area contributed by atoms with Crippen molar-refractivity contribution in [1.82, 2.24) is 0 Å². The average molecular weight is 195 g/mol. The number of hydrogen-bond donors (Lipinski definition) is 1. The van der Waals surface area contributed by atoms with E-state index in [1.165, 1.54) is 12.0 Å². The molecule has 0 aromatic heterocycles. The van der Waals surface area contributed by atoms with E-state index < -0.39 is 0 Å². The van der Waals surface area contributed by atoms with Crippen LogP contribution in [0.4, 0.5) is 0 Å². The van der Waals surface area contributed by atoms with Crippen LogP contribution in [0.15, 0.2) is 0 Å². The summed E-state index contributed by atoms with van der Waals surface area (Å²) in [7, 11) is 0. The second kappa shape index (κ2) is 11.2. The normalized spacial score (nSPS) is 10.5. The zero-order valence-corrected chi connectivity index (χ0v) is 8.27. The molecule has 12 heavy (non-hydrogen) atoms. The molecular weight excluding hydrogens is 178 g/mol. The van der Waals surface area contributed by atoms with Crippen LogP contribution in [-0.4, -0.2) is 45.8 Å². The van der Waals surface area contributed by atoms with Gasteiger partial charge in [0.15, 0.2) is 0 Å². The molecule has 0 amide bonds. The Balaban J connectivity index is 2.73. The average Bonchev–Trinajstić information content (AvgIpc) is 2.10. The van der Waals surface area contributed by atoms with Gasteiger partial charge in [0.25, 0.3) is 0 Å². The Kier molecular flexibility index (Phi) is 11.4. The molecule has 0 heterocycles. The molecule has 0 aliphatic heterocycles. The van der Waals surface area contributed by atoms with Crippen molar-refractivity contribution < 1.29 is 13.7 Å². The van der Waals surface area contributed by atoms with E-state index in [2.05, 4.69) is 0 Å². The third kappa shape index (κ3) is 10.2. The van der Waals surface area contributed by atoms with E-state index in [0.29, 0.717) is 39.6 Å². The minimum absolute atomic E-state index is 0.565. The highest BCUT2D eigenvalue weighted by Crippen LogP contribution is 1.92. The summed E-state index contributed by atoms with van der Waals surface area (Å²) in [5, 5.41) is 0. The molecule has 2 N–H and O–H groups in total. The third-order valence-corrected chi connectivity index (χ3v) is 1.47. The van der Waals surface area contributed by atoms with Gasteiger partial charge in [-0.2, -0.15) is 0 Å². The first-order valence-electron chi connectivity index (χ1n) is 3.93. The molecule has 0 bridgehead atoms. The molecule has 0 radical (unpaired) electrons. The Labute approximate surface area is 77.9 Å². The lowest BCUT2D eigenvalue weighted by atomic mass is 10.7. The van der Waals surface area contributed by atoms with Crippen LogP contribution in [-0.2, 0) is 13.7 Å². The largest absolute Gasteiger partial charge is 0.378 e. The van der Waals surface area contributed by atoms with Gasteiger partial charge < -0.3 is 19.4 Å². The second-order valence-electron chi connectivity index (χ2n) is 2.00. The first-order valence-corrected chi connectivity index (χ1v) is 5.08. The Morgan fingerprint density at radius 1 is 1.00 bits per heavy atom. The van der Waals surface area contributed by atoms with E-state index >= 15 is 0 Å². The number of nitrogens with two attached hydrogens (primary N) is 1. The maximum Gasteiger partial charge on any atom is 0.0847 e. The lowest BCUT2D eigenvalue weighted by molar-refractivity contribution is 0.0412. The van der Waals surface area contributed by atoms with E-state index in [1.807, 2.05) is 6.26 Å². The van der Waals surface area contributed by atoms with Crippen molar-refractivity contribution in [1.29, 1.82) is 0 Å². The molecule has 0 aromatic rings. The van der Waals surface area contributed by atoms with Crippen molar-refractivity contribution in [2.24, 2.45) is 5.73 Å². The smallest absolute Gasteiger partial charge is 0.0847 e. The van der Waals surface area contributed by atoms with E-state index in [4.69, 9.17) is 19.4 Å². The van der Waals surface area contributed by atoms with Crippen molar-refractivity contribution in [2.45, 2.75) is 0 Å². The van der Waals surface area contributed by atoms with Crippen molar-refractivity contribution in [3.05, 3.63) is 0 Å². The number of ether oxygens (including phenoxy) is 2. The van der Waals surface area contributed by atoms with Gasteiger partial charge in [0, 0.05) is 12.8 Å². The standard InChI is InChI=1S/C7H17NO3S/c1-12-11-7-6-10-5-4-9-3-2-8/h2-8H2,1H3. The van der Waals surface area contributed by atoms with Gasteiger partial charge >= 0.3 is 0 Å². The maximum absolute atomic E-state index is 5.22. The Bertz CT molecular complexity index is 75.1. The van der Waals surface area contributed by atoms with Crippen molar-refractivity contribution >= 4 is 12.0 Å². The summed E-state index contributed by atoms with van der Waals surface area (Å²) in [4.78, 5) is 0. The van der Waals surface area contributed by atoms with E-state index in [-0.39, 0.29) is 0 Å². The Hall–Kier alpha value is 0.190.